The first-order valence-electron chi connectivity index (χ1n) is 7.74. The molecule has 24 heavy (non-hydrogen) atoms. The van der Waals surface area contributed by atoms with Gasteiger partial charge in [0.2, 0.25) is 0 Å². The first kappa shape index (κ1) is 16.1. The summed E-state index contributed by atoms with van der Waals surface area (Å²) in [6.07, 6.45) is 0.886. The molecule has 1 aromatic carbocycles. The molecule has 3 rings (SSSR count). The fraction of sp³-hybridized carbons (Fsp3) is 0.375. The van der Waals surface area contributed by atoms with Crippen molar-refractivity contribution < 1.29 is 14.3 Å². The maximum Gasteiger partial charge on any atom is 0.320 e. The van der Waals surface area contributed by atoms with E-state index in [1.165, 1.54) is 0 Å². The van der Waals surface area contributed by atoms with Crippen LogP contribution in [0.25, 0.3) is 0 Å². The van der Waals surface area contributed by atoms with Gasteiger partial charge in [-0.15, -0.1) is 0 Å². The Morgan fingerprint density at radius 1 is 1.29 bits per heavy atom. The lowest BCUT2D eigenvalue weighted by Gasteiger charge is -2.13. The number of carbonyl (C=O) groups is 1. The highest BCUT2D eigenvalue weighted by Crippen LogP contribution is 2.27. The van der Waals surface area contributed by atoms with Crippen LogP contribution in [-0.2, 0) is 19.5 Å². The number of nitrogens with zero attached hydrogens (tertiary/aromatic N) is 1. The highest BCUT2D eigenvalue weighted by Gasteiger charge is 2.17. The first-order chi connectivity index (χ1) is 11.7. The number of carbonyl (C=O) groups excluding carboxylic acids is 1. The van der Waals surface area contributed by atoms with Crippen LogP contribution >= 0.6 is 0 Å². The zero-order valence-electron chi connectivity index (χ0n) is 13.7. The van der Waals surface area contributed by atoms with Crippen LogP contribution in [0.2, 0.25) is 0 Å². The molecule has 0 aliphatic carbocycles. The minimum absolute atomic E-state index is 0.301. The number of fused-ring (bicyclic) bond motifs is 1. The SMILES string of the molecule is COc1ccc(CNC(=O)Nc2n[nH]c3c2CNCC3)cc1OC. The van der Waals surface area contributed by atoms with E-state index in [0.717, 1.165) is 29.8 Å². The van der Waals surface area contributed by atoms with E-state index in [0.29, 0.717) is 30.4 Å². The van der Waals surface area contributed by atoms with Gasteiger partial charge in [-0.2, -0.15) is 5.10 Å². The molecule has 2 aromatic rings. The Morgan fingerprint density at radius 2 is 2.12 bits per heavy atom. The molecule has 0 radical (unpaired) electrons. The van der Waals surface area contributed by atoms with Gasteiger partial charge in [0.15, 0.2) is 17.3 Å². The molecule has 0 unspecified atom stereocenters. The summed E-state index contributed by atoms with van der Waals surface area (Å²) in [7, 11) is 3.17. The van der Waals surface area contributed by atoms with Crippen molar-refractivity contribution in [3.05, 3.63) is 35.0 Å². The zero-order chi connectivity index (χ0) is 16.9. The van der Waals surface area contributed by atoms with Crippen LogP contribution in [0.3, 0.4) is 0 Å². The van der Waals surface area contributed by atoms with Crippen molar-refractivity contribution in [3.8, 4) is 11.5 Å². The van der Waals surface area contributed by atoms with Crippen molar-refractivity contribution in [1.29, 1.82) is 0 Å². The number of anilines is 1. The van der Waals surface area contributed by atoms with E-state index in [1.807, 2.05) is 18.2 Å². The summed E-state index contributed by atoms with van der Waals surface area (Å²) < 4.78 is 10.5. The van der Waals surface area contributed by atoms with Gasteiger partial charge >= 0.3 is 6.03 Å². The van der Waals surface area contributed by atoms with Gasteiger partial charge in [0.1, 0.15) is 0 Å². The molecule has 1 aromatic heterocycles. The third-order valence-corrected chi connectivity index (χ3v) is 3.94. The van der Waals surface area contributed by atoms with Gasteiger partial charge in [0, 0.05) is 37.3 Å². The number of urea groups is 1. The maximum atomic E-state index is 12.1. The third kappa shape index (κ3) is 3.43. The van der Waals surface area contributed by atoms with Crippen molar-refractivity contribution in [2.24, 2.45) is 0 Å². The number of benzene rings is 1. The Kier molecular flexibility index (Phi) is 4.85. The molecule has 8 nitrogen and oxygen atoms in total. The van der Waals surface area contributed by atoms with Gasteiger partial charge in [-0.05, 0) is 17.7 Å². The van der Waals surface area contributed by atoms with E-state index in [2.05, 4.69) is 26.1 Å². The van der Waals surface area contributed by atoms with Crippen LogP contribution in [0.5, 0.6) is 11.5 Å². The van der Waals surface area contributed by atoms with E-state index < -0.39 is 0 Å². The monoisotopic (exact) mass is 331 g/mol. The van der Waals surface area contributed by atoms with Crippen LogP contribution in [0.4, 0.5) is 10.6 Å². The van der Waals surface area contributed by atoms with Crippen LogP contribution in [0.1, 0.15) is 16.8 Å². The molecule has 8 heteroatoms. The number of H-pyrrole nitrogens is 1. The zero-order valence-corrected chi connectivity index (χ0v) is 13.7. The number of nitrogens with one attached hydrogen (secondary N) is 4. The normalized spacial score (nSPS) is 13.1. The molecule has 0 atom stereocenters. The second-order valence-corrected chi connectivity index (χ2v) is 5.45. The lowest BCUT2D eigenvalue weighted by Crippen LogP contribution is -2.30. The highest BCUT2D eigenvalue weighted by atomic mass is 16.5. The number of methoxy groups -OCH3 is 2. The standard InChI is InChI=1S/C16H21N5O3/c1-23-13-4-3-10(7-14(13)24-2)8-18-16(22)19-15-11-9-17-6-5-12(11)20-21-15/h3-4,7,17H,5-6,8-9H2,1-2H3,(H3,18,19,20,21,22). The molecule has 2 heterocycles. The first-order valence-corrected chi connectivity index (χ1v) is 7.74. The predicted octanol–water partition coefficient (Wildman–Crippen LogP) is 1.39. The Labute approximate surface area is 139 Å². The molecule has 128 valence electrons. The molecule has 4 N–H and O–H groups in total. The number of ether oxygens (including phenoxy) is 2. The van der Waals surface area contributed by atoms with Crippen LogP contribution < -0.4 is 25.4 Å². The summed E-state index contributed by atoms with van der Waals surface area (Å²) >= 11 is 0. The summed E-state index contributed by atoms with van der Waals surface area (Å²) in [5, 5.41) is 16.0. The number of hydrogen-bond acceptors (Lipinski definition) is 5. The second kappa shape index (κ2) is 7.22. The summed E-state index contributed by atoms with van der Waals surface area (Å²) in [6.45, 7) is 1.99. The fourth-order valence-corrected chi connectivity index (χ4v) is 2.65. The molecule has 0 bridgehead atoms. The molecule has 0 spiro atoms. The van der Waals surface area contributed by atoms with E-state index in [9.17, 15) is 4.79 Å². The summed E-state index contributed by atoms with van der Waals surface area (Å²) in [6, 6.07) is 5.22. The Bertz CT molecular complexity index is 728. The Balaban J connectivity index is 1.59. The third-order valence-electron chi connectivity index (χ3n) is 3.94. The van der Waals surface area contributed by atoms with E-state index in [-0.39, 0.29) is 6.03 Å². The van der Waals surface area contributed by atoms with Crippen molar-refractivity contribution >= 4 is 11.8 Å². The average Bonchev–Trinajstić information content (AvgIpc) is 3.02. The highest BCUT2D eigenvalue weighted by molar-refractivity contribution is 5.89. The van der Waals surface area contributed by atoms with Gasteiger partial charge in [-0.25, -0.2) is 4.79 Å². The summed E-state index contributed by atoms with van der Waals surface area (Å²) in [4.78, 5) is 12.1. The number of aromatic amines is 1. The summed E-state index contributed by atoms with van der Waals surface area (Å²) in [5.41, 5.74) is 3.00. The minimum atomic E-state index is -0.301. The smallest absolute Gasteiger partial charge is 0.320 e. The molecule has 1 aliphatic rings. The molecular formula is C16H21N5O3. The Hall–Kier alpha value is -2.74. The van der Waals surface area contributed by atoms with Gasteiger partial charge in [-0.3, -0.25) is 10.4 Å². The molecular weight excluding hydrogens is 310 g/mol. The minimum Gasteiger partial charge on any atom is -0.493 e. The second-order valence-electron chi connectivity index (χ2n) is 5.45. The van der Waals surface area contributed by atoms with Gasteiger partial charge in [0.05, 0.1) is 14.2 Å². The average molecular weight is 331 g/mol. The van der Waals surface area contributed by atoms with E-state index in [4.69, 9.17) is 9.47 Å². The number of rotatable bonds is 5. The van der Waals surface area contributed by atoms with Crippen LogP contribution in [0.15, 0.2) is 18.2 Å². The van der Waals surface area contributed by atoms with Crippen molar-refractivity contribution in [2.75, 3.05) is 26.1 Å². The van der Waals surface area contributed by atoms with Crippen molar-refractivity contribution in [2.45, 2.75) is 19.5 Å². The molecule has 2 amide bonds. The predicted molar refractivity (Wildman–Crippen MR) is 89.4 cm³/mol. The summed E-state index contributed by atoms with van der Waals surface area (Å²) in [5.74, 6) is 1.85. The van der Waals surface area contributed by atoms with Gasteiger partial charge in [-0.1, -0.05) is 6.07 Å². The Morgan fingerprint density at radius 3 is 2.92 bits per heavy atom. The fourth-order valence-electron chi connectivity index (χ4n) is 2.65. The van der Waals surface area contributed by atoms with Crippen molar-refractivity contribution in [1.82, 2.24) is 20.8 Å². The molecule has 0 fully saturated rings. The van der Waals surface area contributed by atoms with Crippen LogP contribution in [-0.4, -0.2) is 37.0 Å². The van der Waals surface area contributed by atoms with Crippen molar-refractivity contribution in [3.63, 3.8) is 0 Å². The molecule has 0 saturated carbocycles. The number of hydrogen-bond donors (Lipinski definition) is 4. The topological polar surface area (TPSA) is 100 Å². The largest absolute Gasteiger partial charge is 0.493 e. The van der Waals surface area contributed by atoms with Gasteiger partial charge < -0.3 is 20.1 Å². The van der Waals surface area contributed by atoms with Crippen LogP contribution in [0, 0.1) is 0 Å². The number of amides is 2. The maximum absolute atomic E-state index is 12.1. The number of aromatic nitrogens is 2. The van der Waals surface area contributed by atoms with Gasteiger partial charge in [0.25, 0.3) is 0 Å². The lowest BCUT2D eigenvalue weighted by molar-refractivity contribution is 0.251. The molecule has 1 aliphatic heterocycles. The molecule has 0 saturated heterocycles. The van der Waals surface area contributed by atoms with E-state index in [1.54, 1.807) is 14.2 Å². The quantitative estimate of drug-likeness (QED) is 0.663. The lowest BCUT2D eigenvalue weighted by atomic mass is 10.1. The van der Waals surface area contributed by atoms with E-state index >= 15 is 0 Å².